The zero-order chi connectivity index (χ0) is 12.8. The van der Waals surface area contributed by atoms with E-state index < -0.39 is 5.97 Å². The van der Waals surface area contributed by atoms with Gasteiger partial charge in [0.2, 0.25) is 5.17 Å². The van der Waals surface area contributed by atoms with Crippen LogP contribution in [0.3, 0.4) is 0 Å². The van der Waals surface area contributed by atoms with Crippen LogP contribution in [0.1, 0.15) is 25.3 Å². The number of nitrogens with zero attached hydrogens (tertiary/aromatic N) is 1. The molecule has 0 aliphatic rings. The number of halogens is 1. The molecule has 0 saturated heterocycles. The standard InChI is InChI=1S/C12H15ClN2O2/c1-8(2)9-4-6-10(7-5-9)14-15-11(13)12(16)17-3/h4-8,14H,1-3H3/b15-11+. The van der Waals surface area contributed by atoms with E-state index in [0.717, 1.165) is 5.69 Å². The predicted octanol–water partition coefficient (Wildman–Crippen LogP) is 2.95. The maximum atomic E-state index is 11.0. The van der Waals surface area contributed by atoms with E-state index in [-0.39, 0.29) is 5.17 Å². The van der Waals surface area contributed by atoms with Crippen LogP contribution in [-0.4, -0.2) is 18.2 Å². The molecule has 1 rings (SSSR count). The van der Waals surface area contributed by atoms with Crippen molar-refractivity contribution in [2.75, 3.05) is 12.5 Å². The molecule has 0 saturated carbocycles. The summed E-state index contributed by atoms with van der Waals surface area (Å²) in [6.07, 6.45) is 0. The van der Waals surface area contributed by atoms with Gasteiger partial charge in [-0.1, -0.05) is 37.6 Å². The average Bonchev–Trinajstić information content (AvgIpc) is 2.35. The van der Waals surface area contributed by atoms with E-state index in [2.05, 4.69) is 29.1 Å². The second-order valence-electron chi connectivity index (χ2n) is 3.78. The predicted molar refractivity (Wildman–Crippen MR) is 69.5 cm³/mol. The van der Waals surface area contributed by atoms with Crippen LogP contribution in [-0.2, 0) is 9.53 Å². The first kappa shape index (κ1) is 13.5. The molecule has 0 unspecified atom stereocenters. The lowest BCUT2D eigenvalue weighted by atomic mass is 10.0. The maximum Gasteiger partial charge on any atom is 0.370 e. The van der Waals surface area contributed by atoms with Crippen LogP contribution in [0.15, 0.2) is 29.4 Å². The molecule has 0 amide bonds. The Morgan fingerprint density at radius 3 is 2.41 bits per heavy atom. The summed E-state index contributed by atoms with van der Waals surface area (Å²) in [5, 5.41) is 3.46. The maximum absolute atomic E-state index is 11.0. The summed E-state index contributed by atoms with van der Waals surface area (Å²) in [5.41, 5.74) is 4.68. The Hall–Kier alpha value is -1.55. The van der Waals surface area contributed by atoms with Crippen molar-refractivity contribution in [1.82, 2.24) is 0 Å². The number of benzene rings is 1. The molecule has 92 valence electrons. The number of ether oxygens (including phenoxy) is 1. The normalized spacial score (nSPS) is 11.5. The SMILES string of the molecule is COC(=O)/C(Cl)=N\Nc1ccc(C(C)C)cc1. The molecule has 0 spiro atoms. The van der Waals surface area contributed by atoms with Gasteiger partial charge in [0.05, 0.1) is 12.8 Å². The van der Waals surface area contributed by atoms with Crippen molar-refractivity contribution in [3.8, 4) is 0 Å². The molecule has 0 heterocycles. The molecular formula is C12H15ClN2O2. The lowest BCUT2D eigenvalue weighted by molar-refractivity contribution is -0.132. The van der Waals surface area contributed by atoms with E-state index >= 15 is 0 Å². The first-order valence-electron chi connectivity index (χ1n) is 5.22. The number of carbonyl (C=O) groups excluding carboxylic acids is 1. The van der Waals surface area contributed by atoms with Crippen molar-refractivity contribution in [2.45, 2.75) is 19.8 Å². The summed E-state index contributed by atoms with van der Waals surface area (Å²) >= 11 is 5.58. The van der Waals surface area contributed by atoms with Crippen LogP contribution < -0.4 is 5.43 Å². The highest BCUT2D eigenvalue weighted by Crippen LogP contribution is 2.17. The minimum Gasteiger partial charge on any atom is -0.464 e. The van der Waals surface area contributed by atoms with Gasteiger partial charge in [-0.3, -0.25) is 5.43 Å². The molecule has 0 atom stereocenters. The Balaban J connectivity index is 2.67. The van der Waals surface area contributed by atoms with Crippen LogP contribution in [0.5, 0.6) is 0 Å². The number of rotatable bonds is 4. The van der Waals surface area contributed by atoms with Gasteiger partial charge in [-0.2, -0.15) is 5.10 Å². The number of hydrogen-bond donors (Lipinski definition) is 1. The topological polar surface area (TPSA) is 50.7 Å². The van der Waals surface area contributed by atoms with Crippen LogP contribution >= 0.6 is 11.6 Å². The highest BCUT2D eigenvalue weighted by molar-refractivity contribution is 6.82. The molecule has 0 radical (unpaired) electrons. The Kier molecular flexibility index (Phi) is 4.97. The fourth-order valence-electron chi connectivity index (χ4n) is 1.19. The lowest BCUT2D eigenvalue weighted by Gasteiger charge is -2.06. The molecule has 0 fully saturated rings. The van der Waals surface area contributed by atoms with Gasteiger partial charge < -0.3 is 4.74 Å². The second-order valence-corrected chi connectivity index (χ2v) is 4.14. The minimum atomic E-state index is -0.669. The minimum absolute atomic E-state index is 0.236. The van der Waals surface area contributed by atoms with Gasteiger partial charge in [-0.25, -0.2) is 4.79 Å². The summed E-state index contributed by atoms with van der Waals surface area (Å²) in [5.74, 6) is -0.191. The number of hydrogen-bond acceptors (Lipinski definition) is 4. The summed E-state index contributed by atoms with van der Waals surface area (Å²) in [6, 6.07) is 7.74. The van der Waals surface area contributed by atoms with Crippen molar-refractivity contribution < 1.29 is 9.53 Å². The van der Waals surface area contributed by atoms with Crippen molar-refractivity contribution in [3.05, 3.63) is 29.8 Å². The molecule has 0 aliphatic heterocycles. The van der Waals surface area contributed by atoms with Crippen molar-refractivity contribution >= 4 is 28.4 Å². The Morgan fingerprint density at radius 1 is 1.35 bits per heavy atom. The van der Waals surface area contributed by atoms with Crippen molar-refractivity contribution in [1.29, 1.82) is 0 Å². The summed E-state index contributed by atoms with van der Waals surface area (Å²) < 4.78 is 4.41. The highest BCUT2D eigenvalue weighted by atomic mass is 35.5. The summed E-state index contributed by atoms with van der Waals surface area (Å²) in [7, 11) is 1.25. The zero-order valence-corrected chi connectivity index (χ0v) is 10.8. The van der Waals surface area contributed by atoms with Crippen LogP contribution in [0.25, 0.3) is 0 Å². The fourth-order valence-corrected chi connectivity index (χ4v) is 1.31. The third kappa shape index (κ3) is 4.07. The quantitative estimate of drug-likeness (QED) is 0.511. The third-order valence-electron chi connectivity index (χ3n) is 2.21. The first-order chi connectivity index (χ1) is 8.04. The van der Waals surface area contributed by atoms with Crippen molar-refractivity contribution in [3.63, 3.8) is 0 Å². The van der Waals surface area contributed by atoms with Crippen LogP contribution in [0.2, 0.25) is 0 Å². The number of hydrazone groups is 1. The number of anilines is 1. The number of nitrogens with one attached hydrogen (secondary N) is 1. The molecule has 17 heavy (non-hydrogen) atoms. The fraction of sp³-hybridized carbons (Fsp3) is 0.333. The molecule has 0 aliphatic carbocycles. The molecule has 1 aromatic rings. The first-order valence-corrected chi connectivity index (χ1v) is 5.60. The van der Waals surface area contributed by atoms with Crippen molar-refractivity contribution in [2.24, 2.45) is 5.10 Å². The van der Waals surface area contributed by atoms with E-state index in [4.69, 9.17) is 11.6 Å². The van der Waals surface area contributed by atoms with Gasteiger partial charge in [-0.05, 0) is 23.6 Å². The molecule has 0 aromatic heterocycles. The Morgan fingerprint density at radius 2 is 1.94 bits per heavy atom. The van der Waals surface area contributed by atoms with Gasteiger partial charge >= 0.3 is 5.97 Å². The third-order valence-corrected chi connectivity index (χ3v) is 2.45. The average molecular weight is 255 g/mol. The lowest BCUT2D eigenvalue weighted by Crippen LogP contribution is -2.11. The summed E-state index contributed by atoms with van der Waals surface area (Å²) in [6.45, 7) is 4.24. The largest absolute Gasteiger partial charge is 0.464 e. The van der Waals surface area contributed by atoms with Gasteiger partial charge in [0.15, 0.2) is 0 Å². The van der Waals surface area contributed by atoms with E-state index in [1.807, 2.05) is 24.3 Å². The zero-order valence-electron chi connectivity index (χ0n) is 10.0. The van der Waals surface area contributed by atoms with Gasteiger partial charge in [-0.15, -0.1) is 0 Å². The number of carbonyl (C=O) groups is 1. The monoisotopic (exact) mass is 254 g/mol. The highest BCUT2D eigenvalue weighted by Gasteiger charge is 2.07. The molecule has 4 nitrogen and oxygen atoms in total. The molecular weight excluding hydrogens is 240 g/mol. The van der Waals surface area contributed by atoms with Gasteiger partial charge in [0.1, 0.15) is 0 Å². The number of esters is 1. The van der Waals surface area contributed by atoms with E-state index in [9.17, 15) is 4.79 Å². The van der Waals surface area contributed by atoms with Gasteiger partial charge in [0, 0.05) is 0 Å². The van der Waals surface area contributed by atoms with E-state index in [1.165, 1.54) is 12.7 Å². The molecule has 1 N–H and O–H groups in total. The van der Waals surface area contributed by atoms with E-state index in [0.29, 0.717) is 5.92 Å². The number of methoxy groups -OCH3 is 1. The van der Waals surface area contributed by atoms with Crippen LogP contribution in [0.4, 0.5) is 5.69 Å². The molecule has 0 bridgehead atoms. The summed E-state index contributed by atoms with van der Waals surface area (Å²) in [4.78, 5) is 11.0. The Labute approximate surface area is 106 Å². The second kappa shape index (κ2) is 6.25. The molecule has 1 aromatic carbocycles. The van der Waals surface area contributed by atoms with E-state index in [1.54, 1.807) is 0 Å². The molecule has 5 heteroatoms. The smallest absolute Gasteiger partial charge is 0.370 e. The van der Waals surface area contributed by atoms with Crippen LogP contribution in [0, 0.1) is 0 Å². The van der Waals surface area contributed by atoms with Gasteiger partial charge in [0.25, 0.3) is 0 Å². The Bertz CT molecular complexity index is 413.